The number of thioether (sulfide) groups is 1. The van der Waals surface area contributed by atoms with E-state index in [2.05, 4.69) is 10.2 Å². The van der Waals surface area contributed by atoms with Gasteiger partial charge in [0.25, 0.3) is 5.22 Å². The number of carbonyl (C=O) groups excluding carboxylic acids is 1. The SMILES string of the molecule is CN(C(=O)CSc1nnc(-c2ccc(F)cc2)o1)c1ccccc1. The number of hydrogen-bond acceptors (Lipinski definition) is 5. The number of carbonyl (C=O) groups is 1. The van der Waals surface area contributed by atoms with Crippen LogP contribution in [0.3, 0.4) is 0 Å². The molecule has 2 aromatic carbocycles. The van der Waals surface area contributed by atoms with Crippen LogP contribution in [0.2, 0.25) is 0 Å². The van der Waals surface area contributed by atoms with Crippen molar-refractivity contribution in [1.29, 1.82) is 0 Å². The van der Waals surface area contributed by atoms with Gasteiger partial charge in [-0.2, -0.15) is 0 Å². The van der Waals surface area contributed by atoms with Crippen molar-refractivity contribution in [2.45, 2.75) is 5.22 Å². The van der Waals surface area contributed by atoms with Crippen LogP contribution in [0.25, 0.3) is 11.5 Å². The summed E-state index contributed by atoms with van der Waals surface area (Å²) in [5.41, 5.74) is 1.45. The largest absolute Gasteiger partial charge is 0.411 e. The smallest absolute Gasteiger partial charge is 0.277 e. The molecule has 122 valence electrons. The monoisotopic (exact) mass is 343 g/mol. The molecule has 1 aromatic heterocycles. The molecule has 7 heteroatoms. The molecule has 0 bridgehead atoms. The molecule has 0 atom stereocenters. The summed E-state index contributed by atoms with van der Waals surface area (Å²) >= 11 is 1.16. The van der Waals surface area contributed by atoms with Crippen LogP contribution >= 0.6 is 11.8 Å². The van der Waals surface area contributed by atoms with Crippen molar-refractivity contribution < 1.29 is 13.6 Å². The predicted molar refractivity (Wildman–Crippen MR) is 90.3 cm³/mol. The Kier molecular flexibility index (Phi) is 4.90. The zero-order valence-electron chi connectivity index (χ0n) is 12.8. The lowest BCUT2D eigenvalue weighted by molar-refractivity contribution is -0.115. The van der Waals surface area contributed by atoms with E-state index >= 15 is 0 Å². The molecule has 1 amide bonds. The number of nitrogens with zero attached hydrogens (tertiary/aromatic N) is 3. The van der Waals surface area contributed by atoms with Crippen LogP contribution in [-0.4, -0.2) is 28.9 Å². The maximum Gasteiger partial charge on any atom is 0.277 e. The average Bonchev–Trinajstić information content (AvgIpc) is 3.09. The third-order valence-electron chi connectivity index (χ3n) is 3.33. The number of para-hydroxylation sites is 1. The number of anilines is 1. The standard InChI is InChI=1S/C17H14FN3O2S/c1-21(14-5-3-2-4-6-14)15(22)11-24-17-20-19-16(23-17)12-7-9-13(18)10-8-12/h2-10H,11H2,1H3. The number of benzene rings is 2. The van der Waals surface area contributed by atoms with Crippen molar-refractivity contribution in [1.82, 2.24) is 10.2 Å². The summed E-state index contributed by atoms with van der Waals surface area (Å²) in [6, 6.07) is 15.1. The lowest BCUT2D eigenvalue weighted by atomic mass is 10.2. The van der Waals surface area contributed by atoms with Crippen LogP contribution in [0.1, 0.15) is 0 Å². The molecule has 1 heterocycles. The van der Waals surface area contributed by atoms with Gasteiger partial charge >= 0.3 is 0 Å². The van der Waals surface area contributed by atoms with Gasteiger partial charge in [0.1, 0.15) is 5.82 Å². The van der Waals surface area contributed by atoms with Gasteiger partial charge in [0.15, 0.2) is 0 Å². The molecule has 0 saturated carbocycles. The second-order valence-corrected chi connectivity index (χ2v) is 5.88. The first-order valence-electron chi connectivity index (χ1n) is 7.17. The lowest BCUT2D eigenvalue weighted by Crippen LogP contribution is -2.27. The zero-order valence-corrected chi connectivity index (χ0v) is 13.7. The Labute approximate surface area is 142 Å². The van der Waals surface area contributed by atoms with Crippen LogP contribution < -0.4 is 4.90 Å². The van der Waals surface area contributed by atoms with E-state index in [1.165, 1.54) is 12.1 Å². The van der Waals surface area contributed by atoms with Crippen molar-refractivity contribution in [3.63, 3.8) is 0 Å². The highest BCUT2D eigenvalue weighted by Crippen LogP contribution is 2.24. The molecule has 24 heavy (non-hydrogen) atoms. The normalized spacial score (nSPS) is 10.6. The van der Waals surface area contributed by atoms with E-state index in [1.807, 2.05) is 30.3 Å². The van der Waals surface area contributed by atoms with Gasteiger partial charge in [-0.3, -0.25) is 4.79 Å². The molecular formula is C17H14FN3O2S. The Bertz CT molecular complexity index is 821. The van der Waals surface area contributed by atoms with Crippen molar-refractivity contribution in [3.05, 3.63) is 60.4 Å². The first-order valence-corrected chi connectivity index (χ1v) is 8.16. The van der Waals surface area contributed by atoms with Gasteiger partial charge in [-0.1, -0.05) is 30.0 Å². The number of halogens is 1. The van der Waals surface area contributed by atoms with Crippen molar-refractivity contribution in [2.75, 3.05) is 17.7 Å². The molecule has 5 nitrogen and oxygen atoms in total. The summed E-state index contributed by atoms with van der Waals surface area (Å²) < 4.78 is 18.4. The minimum absolute atomic E-state index is 0.0762. The van der Waals surface area contributed by atoms with E-state index in [0.29, 0.717) is 16.7 Å². The summed E-state index contributed by atoms with van der Waals surface area (Å²) in [6.45, 7) is 0. The lowest BCUT2D eigenvalue weighted by Gasteiger charge is -2.16. The average molecular weight is 343 g/mol. The maximum atomic E-state index is 12.9. The third kappa shape index (κ3) is 3.80. The minimum atomic E-state index is -0.331. The number of amides is 1. The molecular weight excluding hydrogens is 329 g/mol. The van der Waals surface area contributed by atoms with Crippen LogP contribution in [0, 0.1) is 5.82 Å². The summed E-state index contributed by atoms with van der Waals surface area (Å²) in [4.78, 5) is 13.8. The van der Waals surface area contributed by atoms with Gasteiger partial charge in [0.2, 0.25) is 11.8 Å². The van der Waals surface area contributed by atoms with Crippen LogP contribution in [0.5, 0.6) is 0 Å². The number of hydrogen-bond donors (Lipinski definition) is 0. The fourth-order valence-corrected chi connectivity index (χ4v) is 2.67. The molecule has 3 rings (SSSR count). The molecule has 0 unspecified atom stereocenters. The predicted octanol–water partition coefficient (Wildman–Crippen LogP) is 3.63. The van der Waals surface area contributed by atoms with Crippen LogP contribution in [-0.2, 0) is 4.79 Å². The first-order chi connectivity index (χ1) is 11.6. The van der Waals surface area contributed by atoms with Crippen LogP contribution in [0.4, 0.5) is 10.1 Å². The molecule has 0 radical (unpaired) electrons. The quantitative estimate of drug-likeness (QED) is 0.662. The highest BCUT2D eigenvalue weighted by atomic mass is 32.2. The van der Waals surface area contributed by atoms with E-state index < -0.39 is 0 Å². The van der Waals surface area contributed by atoms with E-state index in [4.69, 9.17) is 4.42 Å². The van der Waals surface area contributed by atoms with Gasteiger partial charge in [-0.25, -0.2) is 4.39 Å². The maximum absolute atomic E-state index is 12.9. The molecule has 3 aromatic rings. The Morgan fingerprint density at radius 1 is 1.12 bits per heavy atom. The van der Waals surface area contributed by atoms with Gasteiger partial charge < -0.3 is 9.32 Å². The zero-order chi connectivity index (χ0) is 16.9. The second-order valence-electron chi connectivity index (χ2n) is 4.96. The highest BCUT2D eigenvalue weighted by molar-refractivity contribution is 7.99. The summed E-state index contributed by atoms with van der Waals surface area (Å²) in [5, 5.41) is 8.11. The van der Waals surface area contributed by atoms with Gasteiger partial charge in [0, 0.05) is 18.3 Å². The molecule has 0 saturated heterocycles. The Morgan fingerprint density at radius 3 is 2.54 bits per heavy atom. The molecule has 0 N–H and O–H groups in total. The van der Waals surface area contributed by atoms with E-state index in [0.717, 1.165) is 17.4 Å². The highest BCUT2D eigenvalue weighted by Gasteiger charge is 2.14. The Morgan fingerprint density at radius 2 is 1.83 bits per heavy atom. The summed E-state index contributed by atoms with van der Waals surface area (Å²) in [7, 11) is 1.72. The third-order valence-corrected chi connectivity index (χ3v) is 4.14. The second kappa shape index (κ2) is 7.27. The fraction of sp³-hybridized carbons (Fsp3) is 0.118. The van der Waals surface area contributed by atoms with Crippen molar-refractivity contribution in [3.8, 4) is 11.5 Å². The van der Waals surface area contributed by atoms with Gasteiger partial charge in [-0.05, 0) is 36.4 Å². The van der Waals surface area contributed by atoms with E-state index in [1.54, 1.807) is 24.1 Å². The summed E-state index contributed by atoms with van der Waals surface area (Å²) in [5.74, 6) is 0.0627. The Hall–Kier alpha value is -2.67. The van der Waals surface area contributed by atoms with Gasteiger partial charge in [0.05, 0.1) is 5.75 Å². The molecule has 0 aliphatic heterocycles. The first kappa shape index (κ1) is 16.2. The molecule has 0 aliphatic rings. The molecule has 0 fully saturated rings. The topological polar surface area (TPSA) is 59.2 Å². The van der Waals surface area contributed by atoms with Crippen molar-refractivity contribution >= 4 is 23.4 Å². The van der Waals surface area contributed by atoms with Crippen LogP contribution in [0.15, 0.2) is 64.2 Å². The van der Waals surface area contributed by atoms with Crippen molar-refractivity contribution in [2.24, 2.45) is 0 Å². The fourth-order valence-electron chi connectivity index (χ4n) is 1.99. The minimum Gasteiger partial charge on any atom is -0.411 e. The Balaban J connectivity index is 1.61. The van der Waals surface area contributed by atoms with E-state index in [-0.39, 0.29) is 17.5 Å². The summed E-state index contributed by atoms with van der Waals surface area (Å²) in [6.07, 6.45) is 0. The molecule has 0 spiro atoms. The van der Waals surface area contributed by atoms with E-state index in [9.17, 15) is 9.18 Å². The van der Waals surface area contributed by atoms with Gasteiger partial charge in [-0.15, -0.1) is 10.2 Å². The number of aromatic nitrogens is 2. The number of rotatable bonds is 5. The molecule has 0 aliphatic carbocycles.